The number of hydrogen-bond donors (Lipinski definition) is 2. The molecule has 2 saturated carbocycles. The molecule has 0 aliphatic heterocycles. The summed E-state index contributed by atoms with van der Waals surface area (Å²) >= 11 is 0. The number of carbonyl (C=O) groups excluding carboxylic acids is 3. The van der Waals surface area contributed by atoms with Gasteiger partial charge in [-0.1, -0.05) is 25.7 Å². The Kier molecular flexibility index (Phi) is 6.76. The number of methoxy groups -OCH3 is 1. The minimum absolute atomic E-state index is 0.258. The fraction of sp³-hybridized carbons (Fsp3) is 0.850. The van der Waals surface area contributed by atoms with Gasteiger partial charge in [-0.2, -0.15) is 0 Å². The van der Waals surface area contributed by atoms with Gasteiger partial charge in [0.25, 0.3) is 0 Å². The molecule has 0 bridgehead atoms. The summed E-state index contributed by atoms with van der Waals surface area (Å²) in [6, 6.07) is -0.663. The highest BCUT2D eigenvalue weighted by Crippen LogP contribution is 2.36. The molecule has 2 rings (SSSR count). The van der Waals surface area contributed by atoms with Crippen LogP contribution in [0.4, 0.5) is 4.79 Å². The number of ether oxygens (including phenoxy) is 2. The maximum Gasteiger partial charge on any atom is 0.408 e. The first kappa shape index (κ1) is 21.5. The van der Waals surface area contributed by atoms with Gasteiger partial charge in [0.1, 0.15) is 11.6 Å². The molecule has 27 heavy (non-hydrogen) atoms. The van der Waals surface area contributed by atoms with E-state index in [9.17, 15) is 14.4 Å². The summed E-state index contributed by atoms with van der Waals surface area (Å²) in [5.41, 5.74) is -1.30. The largest absolute Gasteiger partial charge is 0.469 e. The lowest BCUT2D eigenvalue weighted by atomic mass is 9.73. The Hall–Kier alpha value is -1.79. The number of carbonyl (C=O) groups is 3. The first-order valence-electron chi connectivity index (χ1n) is 9.93. The highest BCUT2D eigenvalue weighted by Gasteiger charge is 2.44. The predicted octanol–water partition coefficient (Wildman–Crippen LogP) is 2.92. The van der Waals surface area contributed by atoms with Gasteiger partial charge in [0.05, 0.1) is 18.6 Å². The SMILES string of the molecule is COC(=O)C1CCCCC1(C)NC(=O)C(CC1CC1)NC(=O)OC(C)(C)C. The van der Waals surface area contributed by atoms with E-state index < -0.39 is 23.3 Å². The molecule has 7 heteroatoms. The lowest BCUT2D eigenvalue weighted by Gasteiger charge is -2.41. The molecule has 7 nitrogen and oxygen atoms in total. The van der Waals surface area contributed by atoms with Crippen LogP contribution < -0.4 is 10.6 Å². The third-order valence-corrected chi connectivity index (χ3v) is 5.38. The number of alkyl carbamates (subject to hydrolysis) is 1. The number of esters is 1. The van der Waals surface area contributed by atoms with Gasteiger partial charge in [0.2, 0.25) is 5.91 Å². The number of hydrogen-bond acceptors (Lipinski definition) is 5. The molecule has 0 heterocycles. The van der Waals surface area contributed by atoms with Gasteiger partial charge in [0, 0.05) is 0 Å². The Morgan fingerprint density at radius 1 is 1.15 bits per heavy atom. The lowest BCUT2D eigenvalue weighted by Crippen LogP contribution is -2.60. The molecular formula is C20H34N2O5. The quantitative estimate of drug-likeness (QED) is 0.689. The summed E-state index contributed by atoms with van der Waals surface area (Å²) < 4.78 is 10.2. The second-order valence-electron chi connectivity index (χ2n) is 9.11. The van der Waals surface area contributed by atoms with Crippen molar-refractivity contribution in [1.82, 2.24) is 10.6 Å². The van der Waals surface area contributed by atoms with Crippen molar-refractivity contribution in [3.63, 3.8) is 0 Å². The number of nitrogens with one attached hydrogen (secondary N) is 2. The zero-order valence-corrected chi connectivity index (χ0v) is 17.2. The van der Waals surface area contributed by atoms with E-state index in [4.69, 9.17) is 9.47 Å². The van der Waals surface area contributed by atoms with Gasteiger partial charge in [-0.05, 0) is 52.9 Å². The van der Waals surface area contributed by atoms with Crippen LogP contribution in [-0.2, 0) is 19.1 Å². The Labute approximate surface area is 161 Å². The molecular weight excluding hydrogens is 348 g/mol. The Bertz CT molecular complexity index is 567. The van der Waals surface area contributed by atoms with E-state index in [-0.39, 0.29) is 17.8 Å². The standard InChI is InChI=1S/C20H34N2O5/c1-19(2,3)27-18(25)21-15(12-13-9-10-13)16(23)22-20(4)11-7-6-8-14(20)17(24)26-5/h13-15H,6-12H2,1-5H3,(H,21,25)(H,22,23). The minimum Gasteiger partial charge on any atom is -0.469 e. The molecule has 3 atom stereocenters. The van der Waals surface area contributed by atoms with E-state index in [0.29, 0.717) is 25.2 Å². The Morgan fingerprint density at radius 3 is 2.37 bits per heavy atom. The van der Waals surface area contributed by atoms with E-state index >= 15 is 0 Å². The van der Waals surface area contributed by atoms with E-state index in [1.54, 1.807) is 20.8 Å². The maximum atomic E-state index is 13.0. The van der Waals surface area contributed by atoms with Crippen molar-refractivity contribution in [3.05, 3.63) is 0 Å². The Balaban J connectivity index is 2.07. The van der Waals surface area contributed by atoms with E-state index in [0.717, 1.165) is 25.7 Å². The summed E-state index contributed by atoms with van der Waals surface area (Å²) in [7, 11) is 1.37. The number of rotatable bonds is 6. The zero-order valence-electron chi connectivity index (χ0n) is 17.2. The molecule has 2 fully saturated rings. The molecule has 2 N–H and O–H groups in total. The number of amides is 2. The van der Waals surface area contributed by atoms with Crippen LogP contribution in [0.5, 0.6) is 0 Å². The second kappa shape index (κ2) is 8.48. The molecule has 0 radical (unpaired) electrons. The lowest BCUT2D eigenvalue weighted by molar-refractivity contribution is -0.150. The van der Waals surface area contributed by atoms with Crippen LogP contribution >= 0.6 is 0 Å². The molecule has 3 unspecified atom stereocenters. The molecule has 2 aliphatic rings. The van der Waals surface area contributed by atoms with Crippen molar-refractivity contribution in [2.24, 2.45) is 11.8 Å². The normalized spacial score (nSPS) is 26.6. The van der Waals surface area contributed by atoms with Gasteiger partial charge in [-0.25, -0.2) is 4.79 Å². The Morgan fingerprint density at radius 2 is 1.81 bits per heavy atom. The average molecular weight is 383 g/mol. The molecule has 0 aromatic carbocycles. The fourth-order valence-corrected chi connectivity index (χ4v) is 3.74. The third-order valence-electron chi connectivity index (χ3n) is 5.38. The monoisotopic (exact) mass is 382 g/mol. The van der Waals surface area contributed by atoms with Gasteiger partial charge in [-0.3, -0.25) is 9.59 Å². The second-order valence-corrected chi connectivity index (χ2v) is 9.11. The smallest absolute Gasteiger partial charge is 0.408 e. The van der Waals surface area contributed by atoms with Crippen LogP contribution in [0.15, 0.2) is 0 Å². The van der Waals surface area contributed by atoms with Crippen molar-refractivity contribution in [2.75, 3.05) is 7.11 Å². The van der Waals surface area contributed by atoms with E-state index in [2.05, 4.69) is 10.6 Å². The van der Waals surface area contributed by atoms with Crippen LogP contribution in [0.2, 0.25) is 0 Å². The average Bonchev–Trinajstić information content (AvgIpc) is 3.36. The summed E-state index contributed by atoms with van der Waals surface area (Å²) in [5.74, 6) is -0.475. The summed E-state index contributed by atoms with van der Waals surface area (Å²) in [5, 5.41) is 5.77. The molecule has 0 aromatic heterocycles. The van der Waals surface area contributed by atoms with Crippen LogP contribution in [-0.4, -0.2) is 42.3 Å². The molecule has 0 spiro atoms. The molecule has 0 aromatic rings. The summed E-state index contributed by atoms with van der Waals surface area (Å²) in [4.78, 5) is 37.4. The molecule has 154 valence electrons. The van der Waals surface area contributed by atoms with Crippen LogP contribution in [0.3, 0.4) is 0 Å². The summed E-state index contributed by atoms with van der Waals surface area (Å²) in [6.07, 6.45) is 5.41. The summed E-state index contributed by atoms with van der Waals surface area (Å²) in [6.45, 7) is 7.25. The van der Waals surface area contributed by atoms with Gasteiger partial charge >= 0.3 is 12.1 Å². The minimum atomic E-state index is -0.667. The molecule has 2 aliphatic carbocycles. The molecule has 0 saturated heterocycles. The molecule has 2 amide bonds. The van der Waals surface area contributed by atoms with Crippen molar-refractivity contribution < 1.29 is 23.9 Å². The zero-order chi connectivity index (χ0) is 20.2. The van der Waals surface area contributed by atoms with E-state index in [1.807, 2.05) is 6.92 Å². The highest BCUT2D eigenvalue weighted by atomic mass is 16.6. The third kappa shape index (κ3) is 6.40. The van der Waals surface area contributed by atoms with Crippen LogP contribution in [0.1, 0.15) is 72.6 Å². The van der Waals surface area contributed by atoms with Crippen LogP contribution in [0.25, 0.3) is 0 Å². The van der Waals surface area contributed by atoms with Crippen molar-refractivity contribution in [2.45, 2.75) is 89.8 Å². The first-order valence-corrected chi connectivity index (χ1v) is 9.93. The van der Waals surface area contributed by atoms with Gasteiger partial charge in [0.15, 0.2) is 0 Å². The van der Waals surface area contributed by atoms with E-state index in [1.165, 1.54) is 7.11 Å². The van der Waals surface area contributed by atoms with Crippen molar-refractivity contribution in [3.8, 4) is 0 Å². The highest BCUT2D eigenvalue weighted by molar-refractivity contribution is 5.87. The van der Waals surface area contributed by atoms with Crippen LogP contribution in [0, 0.1) is 11.8 Å². The predicted molar refractivity (Wildman–Crippen MR) is 101 cm³/mol. The first-order chi connectivity index (χ1) is 12.5. The topological polar surface area (TPSA) is 93.7 Å². The maximum absolute atomic E-state index is 13.0. The fourth-order valence-electron chi connectivity index (χ4n) is 3.74. The van der Waals surface area contributed by atoms with Gasteiger partial charge < -0.3 is 20.1 Å². The van der Waals surface area contributed by atoms with Crippen molar-refractivity contribution in [1.29, 1.82) is 0 Å². The van der Waals surface area contributed by atoms with Gasteiger partial charge in [-0.15, -0.1) is 0 Å². The van der Waals surface area contributed by atoms with Crippen molar-refractivity contribution >= 4 is 18.0 Å².